The van der Waals surface area contributed by atoms with Crippen LogP contribution in [-0.4, -0.2) is 20.7 Å². The maximum atomic E-state index is 4.21. The van der Waals surface area contributed by atoms with Crippen molar-refractivity contribution in [3.8, 4) is 0 Å². The minimum atomic E-state index is 0.606. The number of aryl methyl sites for hydroxylation is 1. The number of nitrogens with zero attached hydrogens (tertiary/aromatic N) is 2. The van der Waals surface area contributed by atoms with Gasteiger partial charge >= 0.3 is 0 Å². The van der Waals surface area contributed by atoms with Crippen molar-refractivity contribution in [3.05, 3.63) is 5.82 Å². The third kappa shape index (κ3) is 4.04. The number of aromatic nitrogens is 2. The normalized spacial score (nSPS) is 12.8. The summed E-state index contributed by atoms with van der Waals surface area (Å²) >= 11 is 5.00. The Morgan fingerprint density at radius 1 is 1.62 bits per heavy atom. The summed E-state index contributed by atoms with van der Waals surface area (Å²) < 4.78 is 4.09. The van der Waals surface area contributed by atoms with E-state index in [9.17, 15) is 0 Å². The van der Waals surface area contributed by atoms with Crippen LogP contribution in [0.4, 0.5) is 5.13 Å². The fourth-order valence-corrected chi connectivity index (χ4v) is 1.74. The highest BCUT2D eigenvalue weighted by Gasteiger charge is 2.02. The molecular weight excluding hydrogens is 250 g/mol. The van der Waals surface area contributed by atoms with Gasteiger partial charge in [-0.25, -0.2) is 4.98 Å². The van der Waals surface area contributed by atoms with Gasteiger partial charge in [0.2, 0.25) is 5.13 Å². The minimum Gasteiger partial charge on any atom is -0.360 e. The molecule has 0 fully saturated rings. The topological polar surface area (TPSA) is 37.8 Å². The first-order valence-corrected chi connectivity index (χ1v) is 6.09. The molecule has 0 spiro atoms. The second-order valence-corrected chi connectivity index (χ2v) is 4.91. The number of rotatable bonds is 5. The first kappa shape index (κ1) is 10.9. The third-order valence-corrected chi connectivity index (χ3v) is 3.57. The number of halogens is 1. The summed E-state index contributed by atoms with van der Waals surface area (Å²) in [4.78, 5) is 4.82. The molecule has 1 aromatic rings. The van der Waals surface area contributed by atoms with Crippen LogP contribution in [0.25, 0.3) is 0 Å². The molecule has 0 bridgehead atoms. The molecule has 0 saturated heterocycles. The standard InChI is InChI=1S/C8H14BrN3S/c1-3-7(9)4-5-10-8-11-6(2)12-13-8/h7H,3-5H2,1-2H3,(H,10,11,12). The lowest BCUT2D eigenvalue weighted by Crippen LogP contribution is -2.07. The lowest BCUT2D eigenvalue weighted by atomic mass is 10.2. The van der Waals surface area contributed by atoms with E-state index in [0.717, 1.165) is 30.3 Å². The molecule has 1 heterocycles. The van der Waals surface area contributed by atoms with E-state index in [4.69, 9.17) is 0 Å². The molecule has 1 rings (SSSR count). The Balaban J connectivity index is 2.20. The summed E-state index contributed by atoms with van der Waals surface area (Å²) in [5.41, 5.74) is 0. The molecule has 0 aliphatic carbocycles. The predicted octanol–water partition coefficient (Wildman–Crippen LogP) is 2.82. The molecule has 74 valence electrons. The van der Waals surface area contributed by atoms with Crippen LogP contribution in [0.1, 0.15) is 25.6 Å². The van der Waals surface area contributed by atoms with Crippen molar-refractivity contribution >= 4 is 32.6 Å². The molecule has 0 amide bonds. The molecule has 1 unspecified atom stereocenters. The largest absolute Gasteiger partial charge is 0.360 e. The predicted molar refractivity (Wildman–Crippen MR) is 60.8 cm³/mol. The van der Waals surface area contributed by atoms with Crippen LogP contribution < -0.4 is 5.32 Å². The van der Waals surface area contributed by atoms with Gasteiger partial charge in [-0.2, -0.15) is 4.37 Å². The SMILES string of the molecule is CCC(Br)CCNc1nc(C)ns1. The Bertz CT molecular complexity index is 251. The van der Waals surface area contributed by atoms with Crippen LogP contribution in [0.2, 0.25) is 0 Å². The van der Waals surface area contributed by atoms with Gasteiger partial charge in [0.1, 0.15) is 5.82 Å². The Morgan fingerprint density at radius 2 is 2.38 bits per heavy atom. The summed E-state index contributed by atoms with van der Waals surface area (Å²) in [5, 5.41) is 4.17. The highest BCUT2D eigenvalue weighted by Crippen LogP contribution is 2.12. The van der Waals surface area contributed by atoms with Crippen LogP contribution in [0.3, 0.4) is 0 Å². The first-order valence-electron chi connectivity index (χ1n) is 4.40. The summed E-state index contributed by atoms with van der Waals surface area (Å²) in [6.45, 7) is 5.04. The van der Waals surface area contributed by atoms with E-state index in [1.165, 1.54) is 11.5 Å². The quantitative estimate of drug-likeness (QED) is 0.831. The van der Waals surface area contributed by atoms with E-state index in [-0.39, 0.29) is 0 Å². The maximum Gasteiger partial charge on any atom is 0.202 e. The highest BCUT2D eigenvalue weighted by molar-refractivity contribution is 9.09. The van der Waals surface area contributed by atoms with Crippen molar-refractivity contribution in [2.24, 2.45) is 0 Å². The summed E-state index contributed by atoms with van der Waals surface area (Å²) in [5.74, 6) is 0.846. The van der Waals surface area contributed by atoms with E-state index in [0.29, 0.717) is 4.83 Å². The Hall–Kier alpha value is -0.160. The van der Waals surface area contributed by atoms with E-state index >= 15 is 0 Å². The van der Waals surface area contributed by atoms with Gasteiger partial charge in [-0.1, -0.05) is 22.9 Å². The molecule has 1 N–H and O–H groups in total. The fraction of sp³-hybridized carbons (Fsp3) is 0.750. The van der Waals surface area contributed by atoms with Crippen LogP contribution in [-0.2, 0) is 0 Å². The van der Waals surface area contributed by atoms with Crippen LogP contribution in [0, 0.1) is 6.92 Å². The van der Waals surface area contributed by atoms with Crippen molar-refractivity contribution in [3.63, 3.8) is 0 Å². The molecule has 0 aromatic carbocycles. The van der Waals surface area contributed by atoms with E-state index in [1.807, 2.05) is 6.92 Å². The van der Waals surface area contributed by atoms with Gasteiger partial charge in [0.25, 0.3) is 0 Å². The molecule has 1 aromatic heterocycles. The van der Waals surface area contributed by atoms with E-state index in [2.05, 4.69) is 37.5 Å². The molecule has 0 aliphatic rings. The maximum absolute atomic E-state index is 4.21. The number of hydrogen-bond donors (Lipinski definition) is 1. The Kier molecular flexibility index (Phi) is 4.66. The van der Waals surface area contributed by atoms with Gasteiger partial charge in [0.15, 0.2) is 0 Å². The number of anilines is 1. The summed E-state index contributed by atoms with van der Waals surface area (Å²) in [6.07, 6.45) is 2.28. The lowest BCUT2D eigenvalue weighted by Gasteiger charge is -2.05. The summed E-state index contributed by atoms with van der Waals surface area (Å²) in [7, 11) is 0. The van der Waals surface area contributed by atoms with Crippen molar-refractivity contribution in [2.75, 3.05) is 11.9 Å². The molecule has 0 radical (unpaired) electrons. The second kappa shape index (κ2) is 5.54. The number of alkyl halides is 1. The van der Waals surface area contributed by atoms with Gasteiger partial charge in [-0.15, -0.1) is 0 Å². The van der Waals surface area contributed by atoms with Gasteiger partial charge < -0.3 is 5.32 Å². The number of hydrogen-bond acceptors (Lipinski definition) is 4. The van der Waals surface area contributed by atoms with Crippen LogP contribution in [0.15, 0.2) is 0 Å². The summed E-state index contributed by atoms with van der Waals surface area (Å²) in [6, 6.07) is 0. The van der Waals surface area contributed by atoms with Crippen molar-refractivity contribution < 1.29 is 0 Å². The molecule has 13 heavy (non-hydrogen) atoms. The van der Waals surface area contributed by atoms with Crippen molar-refractivity contribution in [2.45, 2.75) is 31.5 Å². The Morgan fingerprint density at radius 3 is 2.92 bits per heavy atom. The zero-order chi connectivity index (χ0) is 9.68. The zero-order valence-corrected chi connectivity index (χ0v) is 10.3. The van der Waals surface area contributed by atoms with Crippen molar-refractivity contribution in [1.82, 2.24) is 9.36 Å². The lowest BCUT2D eigenvalue weighted by molar-refractivity contribution is 0.774. The van der Waals surface area contributed by atoms with Crippen LogP contribution in [0.5, 0.6) is 0 Å². The van der Waals surface area contributed by atoms with Crippen molar-refractivity contribution in [1.29, 1.82) is 0 Å². The molecule has 0 saturated carbocycles. The fourth-order valence-electron chi connectivity index (χ4n) is 0.909. The Labute approximate surface area is 91.3 Å². The van der Waals surface area contributed by atoms with Gasteiger partial charge in [0.05, 0.1) is 0 Å². The monoisotopic (exact) mass is 263 g/mol. The zero-order valence-electron chi connectivity index (χ0n) is 7.88. The highest BCUT2D eigenvalue weighted by atomic mass is 79.9. The molecule has 1 atom stereocenters. The molecule has 0 aliphatic heterocycles. The van der Waals surface area contributed by atoms with Gasteiger partial charge in [-0.3, -0.25) is 0 Å². The first-order chi connectivity index (χ1) is 6.22. The molecule has 3 nitrogen and oxygen atoms in total. The van der Waals surface area contributed by atoms with Crippen LogP contribution >= 0.6 is 27.5 Å². The number of nitrogens with one attached hydrogen (secondary N) is 1. The smallest absolute Gasteiger partial charge is 0.202 e. The minimum absolute atomic E-state index is 0.606. The average molecular weight is 264 g/mol. The molecule has 5 heteroatoms. The third-order valence-electron chi connectivity index (χ3n) is 1.70. The van der Waals surface area contributed by atoms with Gasteiger partial charge in [-0.05, 0) is 19.8 Å². The van der Waals surface area contributed by atoms with E-state index < -0.39 is 0 Å². The van der Waals surface area contributed by atoms with E-state index in [1.54, 1.807) is 0 Å². The van der Waals surface area contributed by atoms with Gasteiger partial charge in [0, 0.05) is 22.9 Å². The second-order valence-electron chi connectivity index (χ2n) is 2.87. The molecular formula is C8H14BrN3S. The average Bonchev–Trinajstić information content (AvgIpc) is 2.51.